The highest BCUT2D eigenvalue weighted by atomic mass is 35.5. The minimum atomic E-state index is -0.288. The molecule has 0 amide bonds. The van der Waals surface area contributed by atoms with E-state index in [2.05, 4.69) is 4.98 Å². The Morgan fingerprint density at radius 3 is 2.75 bits per heavy atom. The summed E-state index contributed by atoms with van der Waals surface area (Å²) in [5, 5.41) is 10.1. The molecule has 0 atom stereocenters. The van der Waals surface area contributed by atoms with Gasteiger partial charge in [-0.2, -0.15) is 0 Å². The topological polar surface area (TPSA) is 55.1 Å². The average molecular weight is 259 g/mol. The molecule has 0 unspecified atom stereocenters. The van der Waals surface area contributed by atoms with Crippen molar-refractivity contribution in [3.63, 3.8) is 0 Å². The van der Waals surface area contributed by atoms with Crippen LogP contribution in [0.4, 0.5) is 0 Å². The number of aromatic hydroxyl groups is 1. The first-order chi connectivity index (χ1) is 7.56. The van der Waals surface area contributed by atoms with Crippen molar-refractivity contribution in [2.24, 2.45) is 0 Å². The summed E-state index contributed by atoms with van der Waals surface area (Å²) in [4.78, 5) is 15.9. The smallest absolute Gasteiger partial charge is 0.262 e. The van der Waals surface area contributed by atoms with Crippen LogP contribution in [0.15, 0.2) is 17.2 Å². The van der Waals surface area contributed by atoms with Crippen molar-refractivity contribution in [2.45, 2.75) is 13.5 Å². The van der Waals surface area contributed by atoms with Gasteiger partial charge in [-0.05, 0) is 13.0 Å². The van der Waals surface area contributed by atoms with Crippen LogP contribution >= 0.6 is 23.2 Å². The van der Waals surface area contributed by atoms with Crippen LogP contribution in [0.5, 0.6) is 5.75 Å². The molecule has 1 N–H and O–H groups in total. The molecular weight excluding hydrogens is 251 g/mol. The van der Waals surface area contributed by atoms with E-state index in [-0.39, 0.29) is 32.3 Å². The fourth-order valence-corrected chi connectivity index (χ4v) is 2.01. The third-order valence-electron chi connectivity index (χ3n) is 2.32. The van der Waals surface area contributed by atoms with Gasteiger partial charge in [0, 0.05) is 6.54 Å². The summed E-state index contributed by atoms with van der Waals surface area (Å²) in [6.45, 7) is 2.31. The van der Waals surface area contributed by atoms with E-state index in [9.17, 15) is 9.90 Å². The summed E-state index contributed by atoms with van der Waals surface area (Å²) in [6.07, 6.45) is 1.36. The molecule has 0 fully saturated rings. The van der Waals surface area contributed by atoms with Crippen LogP contribution in [0, 0.1) is 0 Å². The van der Waals surface area contributed by atoms with E-state index in [0.717, 1.165) is 0 Å². The highest BCUT2D eigenvalue weighted by Gasteiger charge is 2.14. The van der Waals surface area contributed by atoms with Gasteiger partial charge in [0.2, 0.25) is 0 Å². The lowest BCUT2D eigenvalue weighted by molar-refractivity contribution is 0.480. The number of hydrogen-bond donors (Lipinski definition) is 1. The molecule has 0 saturated carbocycles. The van der Waals surface area contributed by atoms with Crippen molar-refractivity contribution >= 4 is 34.1 Å². The summed E-state index contributed by atoms with van der Waals surface area (Å²) < 4.78 is 1.40. The van der Waals surface area contributed by atoms with Gasteiger partial charge in [-0.15, -0.1) is 0 Å². The first kappa shape index (κ1) is 11.2. The molecule has 0 saturated heterocycles. The summed E-state index contributed by atoms with van der Waals surface area (Å²) in [7, 11) is 0. The number of phenolic OH excluding ortho intramolecular Hbond substituents is 1. The fraction of sp³-hybridized carbons (Fsp3) is 0.200. The van der Waals surface area contributed by atoms with Crippen LogP contribution in [0.25, 0.3) is 10.9 Å². The standard InChI is InChI=1S/C10H8Cl2N2O2/c1-2-14-4-13-8-7(10(14)16)5(11)3-6(12)9(8)15/h3-4,15H,2H2,1H3. The Balaban J connectivity index is 3.01. The van der Waals surface area contributed by atoms with Gasteiger partial charge in [0.05, 0.1) is 21.8 Å². The molecule has 0 aliphatic rings. The third-order valence-corrected chi connectivity index (χ3v) is 2.91. The average Bonchev–Trinajstić information content (AvgIpc) is 2.25. The van der Waals surface area contributed by atoms with Crippen LogP contribution < -0.4 is 5.56 Å². The van der Waals surface area contributed by atoms with E-state index in [1.165, 1.54) is 17.0 Å². The molecule has 16 heavy (non-hydrogen) atoms. The molecule has 84 valence electrons. The maximum Gasteiger partial charge on any atom is 0.262 e. The molecule has 6 heteroatoms. The van der Waals surface area contributed by atoms with Crippen LogP contribution in [0.1, 0.15) is 6.92 Å². The summed E-state index contributed by atoms with van der Waals surface area (Å²) in [5.74, 6) is -0.221. The first-order valence-electron chi connectivity index (χ1n) is 4.62. The molecule has 2 aromatic rings. The largest absolute Gasteiger partial charge is 0.504 e. The molecule has 2 rings (SSSR count). The summed E-state index contributed by atoms with van der Waals surface area (Å²) in [6, 6.07) is 1.34. The molecule has 0 spiro atoms. The van der Waals surface area contributed by atoms with Gasteiger partial charge in [0.25, 0.3) is 5.56 Å². The molecule has 0 radical (unpaired) electrons. The number of nitrogens with zero attached hydrogens (tertiary/aromatic N) is 2. The normalized spacial score (nSPS) is 10.9. The van der Waals surface area contributed by atoms with Gasteiger partial charge in [0.1, 0.15) is 5.52 Å². The van der Waals surface area contributed by atoms with Crippen LogP contribution in [0.3, 0.4) is 0 Å². The van der Waals surface area contributed by atoms with E-state index >= 15 is 0 Å². The van der Waals surface area contributed by atoms with Gasteiger partial charge < -0.3 is 5.11 Å². The van der Waals surface area contributed by atoms with Crippen molar-refractivity contribution < 1.29 is 5.11 Å². The molecule has 0 aliphatic carbocycles. The number of phenols is 1. The van der Waals surface area contributed by atoms with E-state index in [1.807, 2.05) is 6.92 Å². The molecule has 1 aromatic heterocycles. The zero-order valence-electron chi connectivity index (χ0n) is 8.37. The zero-order valence-corrected chi connectivity index (χ0v) is 9.88. The monoisotopic (exact) mass is 258 g/mol. The zero-order chi connectivity index (χ0) is 11.9. The van der Waals surface area contributed by atoms with Crippen molar-refractivity contribution in [3.05, 3.63) is 32.8 Å². The van der Waals surface area contributed by atoms with Crippen molar-refractivity contribution in [2.75, 3.05) is 0 Å². The number of aromatic nitrogens is 2. The molecule has 1 heterocycles. The third kappa shape index (κ3) is 1.54. The Hall–Kier alpha value is -1.26. The highest BCUT2D eigenvalue weighted by Crippen LogP contribution is 2.34. The Kier molecular flexibility index (Phi) is 2.78. The number of halogens is 2. The molecule has 1 aromatic carbocycles. The van der Waals surface area contributed by atoms with Crippen molar-refractivity contribution in [3.8, 4) is 5.75 Å². The molecule has 0 bridgehead atoms. The summed E-state index contributed by atoms with van der Waals surface area (Å²) in [5.41, 5.74) is -0.156. The summed E-state index contributed by atoms with van der Waals surface area (Å²) >= 11 is 11.7. The number of fused-ring (bicyclic) bond motifs is 1. The molecular formula is C10H8Cl2N2O2. The Morgan fingerprint density at radius 2 is 2.12 bits per heavy atom. The lowest BCUT2D eigenvalue weighted by Gasteiger charge is -2.07. The van der Waals surface area contributed by atoms with E-state index in [1.54, 1.807) is 0 Å². The Morgan fingerprint density at radius 1 is 1.44 bits per heavy atom. The lowest BCUT2D eigenvalue weighted by atomic mass is 10.2. The van der Waals surface area contributed by atoms with Gasteiger partial charge in [-0.25, -0.2) is 4.98 Å². The Labute approximate surface area is 101 Å². The van der Waals surface area contributed by atoms with Crippen LogP contribution in [-0.4, -0.2) is 14.7 Å². The van der Waals surface area contributed by atoms with E-state index in [4.69, 9.17) is 23.2 Å². The number of aryl methyl sites for hydroxylation is 1. The van der Waals surface area contributed by atoms with Gasteiger partial charge in [-0.1, -0.05) is 23.2 Å². The first-order valence-corrected chi connectivity index (χ1v) is 5.38. The number of benzene rings is 1. The van der Waals surface area contributed by atoms with Crippen LogP contribution in [-0.2, 0) is 6.54 Å². The number of hydrogen-bond acceptors (Lipinski definition) is 3. The maximum absolute atomic E-state index is 11.9. The lowest BCUT2D eigenvalue weighted by Crippen LogP contribution is -2.19. The van der Waals surface area contributed by atoms with Crippen molar-refractivity contribution in [1.29, 1.82) is 0 Å². The van der Waals surface area contributed by atoms with Crippen LogP contribution in [0.2, 0.25) is 10.0 Å². The fourth-order valence-electron chi connectivity index (χ4n) is 1.47. The molecule has 0 aliphatic heterocycles. The SMILES string of the molecule is CCn1cnc2c(O)c(Cl)cc(Cl)c2c1=O. The van der Waals surface area contributed by atoms with Gasteiger partial charge in [0.15, 0.2) is 5.75 Å². The quantitative estimate of drug-likeness (QED) is 0.855. The Bertz CT molecular complexity index is 622. The maximum atomic E-state index is 11.9. The second-order valence-corrected chi connectivity index (χ2v) is 4.06. The van der Waals surface area contributed by atoms with E-state index in [0.29, 0.717) is 6.54 Å². The minimum Gasteiger partial charge on any atom is -0.504 e. The molecule has 4 nitrogen and oxygen atoms in total. The number of rotatable bonds is 1. The minimum absolute atomic E-state index is 0.0821. The predicted molar refractivity (Wildman–Crippen MR) is 63.4 cm³/mol. The van der Waals surface area contributed by atoms with Crippen molar-refractivity contribution in [1.82, 2.24) is 9.55 Å². The predicted octanol–water partition coefficient (Wildman–Crippen LogP) is 2.43. The highest BCUT2D eigenvalue weighted by molar-refractivity contribution is 6.39. The van der Waals surface area contributed by atoms with Gasteiger partial charge in [-0.3, -0.25) is 9.36 Å². The van der Waals surface area contributed by atoms with Gasteiger partial charge >= 0.3 is 0 Å². The second kappa shape index (κ2) is 3.96. The van der Waals surface area contributed by atoms with E-state index < -0.39 is 0 Å². The second-order valence-electron chi connectivity index (χ2n) is 3.25.